The molecule has 1 amide bonds. The number of amides is 1. The van der Waals surface area contributed by atoms with Crippen molar-refractivity contribution in [3.8, 4) is 0 Å². The maximum absolute atomic E-state index is 12.4. The van der Waals surface area contributed by atoms with E-state index in [2.05, 4.69) is 16.7 Å². The molecule has 0 aromatic heterocycles. The van der Waals surface area contributed by atoms with E-state index in [0.29, 0.717) is 0 Å². The second-order valence-electron chi connectivity index (χ2n) is 5.72. The highest BCUT2D eigenvalue weighted by molar-refractivity contribution is 5.96. The summed E-state index contributed by atoms with van der Waals surface area (Å²) in [5, 5.41) is 15.9. The summed E-state index contributed by atoms with van der Waals surface area (Å²) in [6, 6.07) is 5.83. The summed E-state index contributed by atoms with van der Waals surface area (Å²) in [5.41, 5.74) is 2.41. The standard InChI is InChI=1S/C15H22N2O2/c1-10(18)15(2,3)17-14(19)13-6-4-5-11-9-16-8-7-12(11)13/h4-6,10,16,18H,7-9H2,1-3H3,(H,17,19). The average Bonchev–Trinajstić information content (AvgIpc) is 2.37. The minimum absolute atomic E-state index is 0.107. The van der Waals surface area contributed by atoms with Gasteiger partial charge in [-0.15, -0.1) is 0 Å². The Morgan fingerprint density at radius 2 is 2.21 bits per heavy atom. The molecule has 0 radical (unpaired) electrons. The number of carbonyl (C=O) groups excluding carboxylic acids is 1. The van der Waals surface area contributed by atoms with Gasteiger partial charge >= 0.3 is 0 Å². The molecule has 0 saturated carbocycles. The Morgan fingerprint density at radius 1 is 1.47 bits per heavy atom. The average molecular weight is 262 g/mol. The van der Waals surface area contributed by atoms with E-state index < -0.39 is 11.6 Å². The van der Waals surface area contributed by atoms with Crippen molar-refractivity contribution < 1.29 is 9.90 Å². The summed E-state index contributed by atoms with van der Waals surface area (Å²) in [6.07, 6.45) is 0.270. The fourth-order valence-corrected chi connectivity index (χ4v) is 2.21. The molecule has 0 bridgehead atoms. The van der Waals surface area contributed by atoms with Gasteiger partial charge in [-0.05, 0) is 50.9 Å². The highest BCUT2D eigenvalue weighted by Crippen LogP contribution is 2.20. The molecule has 3 N–H and O–H groups in total. The number of carbonyl (C=O) groups is 1. The van der Waals surface area contributed by atoms with Gasteiger partial charge in [-0.2, -0.15) is 0 Å². The quantitative estimate of drug-likeness (QED) is 0.767. The second kappa shape index (κ2) is 5.31. The van der Waals surface area contributed by atoms with Gasteiger partial charge in [-0.1, -0.05) is 12.1 Å². The molecule has 0 spiro atoms. The second-order valence-corrected chi connectivity index (χ2v) is 5.72. The van der Waals surface area contributed by atoms with Crippen LogP contribution in [0, 0.1) is 0 Å². The summed E-state index contributed by atoms with van der Waals surface area (Å²) < 4.78 is 0. The lowest BCUT2D eigenvalue weighted by molar-refractivity contribution is 0.0708. The predicted octanol–water partition coefficient (Wildman–Crippen LogP) is 1.22. The zero-order valence-electron chi connectivity index (χ0n) is 11.8. The number of hydrogen-bond donors (Lipinski definition) is 3. The molecule has 0 aliphatic carbocycles. The van der Waals surface area contributed by atoms with Crippen LogP contribution in [0.15, 0.2) is 18.2 Å². The number of benzene rings is 1. The van der Waals surface area contributed by atoms with Gasteiger partial charge in [-0.3, -0.25) is 4.79 Å². The summed E-state index contributed by atoms with van der Waals surface area (Å²) in [4.78, 5) is 12.4. The molecular formula is C15H22N2O2. The lowest BCUT2D eigenvalue weighted by Gasteiger charge is -2.30. The number of aliphatic hydroxyl groups excluding tert-OH is 1. The third kappa shape index (κ3) is 2.96. The normalized spacial score (nSPS) is 16.6. The minimum Gasteiger partial charge on any atom is -0.391 e. The van der Waals surface area contributed by atoms with Crippen molar-refractivity contribution in [2.75, 3.05) is 6.54 Å². The van der Waals surface area contributed by atoms with Gasteiger partial charge in [0.05, 0.1) is 11.6 Å². The van der Waals surface area contributed by atoms with Crippen LogP contribution in [0.25, 0.3) is 0 Å². The molecule has 1 aliphatic heterocycles. The first-order valence-electron chi connectivity index (χ1n) is 6.74. The minimum atomic E-state index is -0.632. The predicted molar refractivity (Wildman–Crippen MR) is 75.1 cm³/mol. The van der Waals surface area contributed by atoms with E-state index in [0.717, 1.165) is 30.6 Å². The Hall–Kier alpha value is -1.39. The number of rotatable bonds is 3. The fraction of sp³-hybridized carbons (Fsp3) is 0.533. The zero-order chi connectivity index (χ0) is 14.0. The van der Waals surface area contributed by atoms with E-state index in [1.54, 1.807) is 6.92 Å². The third-order valence-corrected chi connectivity index (χ3v) is 3.87. The van der Waals surface area contributed by atoms with Gasteiger partial charge < -0.3 is 15.7 Å². The van der Waals surface area contributed by atoms with Crippen LogP contribution in [0.2, 0.25) is 0 Å². The van der Waals surface area contributed by atoms with Crippen LogP contribution in [0.1, 0.15) is 42.3 Å². The van der Waals surface area contributed by atoms with E-state index in [9.17, 15) is 9.90 Å². The molecule has 1 atom stereocenters. The molecule has 1 heterocycles. The van der Waals surface area contributed by atoms with Crippen molar-refractivity contribution in [3.63, 3.8) is 0 Å². The molecule has 2 rings (SSSR count). The molecule has 19 heavy (non-hydrogen) atoms. The van der Waals surface area contributed by atoms with Crippen molar-refractivity contribution >= 4 is 5.91 Å². The van der Waals surface area contributed by atoms with Crippen LogP contribution >= 0.6 is 0 Å². The molecule has 1 aromatic carbocycles. The van der Waals surface area contributed by atoms with Gasteiger partial charge in [0, 0.05) is 12.1 Å². The monoisotopic (exact) mass is 262 g/mol. The largest absolute Gasteiger partial charge is 0.391 e. The number of fused-ring (bicyclic) bond motifs is 1. The Balaban J connectivity index is 2.25. The maximum Gasteiger partial charge on any atom is 0.252 e. The maximum atomic E-state index is 12.4. The van der Waals surface area contributed by atoms with Crippen LogP contribution in [-0.4, -0.2) is 29.2 Å². The van der Waals surface area contributed by atoms with Crippen LogP contribution in [0.3, 0.4) is 0 Å². The molecule has 4 nitrogen and oxygen atoms in total. The van der Waals surface area contributed by atoms with Crippen LogP contribution in [0.4, 0.5) is 0 Å². The SMILES string of the molecule is CC(O)C(C)(C)NC(=O)c1cccc2c1CCNC2. The van der Waals surface area contributed by atoms with Crippen LogP contribution < -0.4 is 10.6 Å². The Labute approximate surface area is 114 Å². The summed E-state index contributed by atoms with van der Waals surface area (Å²) in [7, 11) is 0. The highest BCUT2D eigenvalue weighted by atomic mass is 16.3. The molecule has 1 unspecified atom stereocenters. The highest BCUT2D eigenvalue weighted by Gasteiger charge is 2.28. The number of nitrogens with one attached hydrogen (secondary N) is 2. The lowest BCUT2D eigenvalue weighted by Crippen LogP contribution is -2.51. The molecule has 0 saturated heterocycles. The summed E-state index contributed by atoms with van der Waals surface area (Å²) >= 11 is 0. The Kier molecular flexibility index (Phi) is 3.92. The molecule has 1 aromatic rings. The van der Waals surface area contributed by atoms with E-state index in [1.165, 1.54) is 5.56 Å². The fourth-order valence-electron chi connectivity index (χ4n) is 2.21. The van der Waals surface area contributed by atoms with Gasteiger partial charge in [0.15, 0.2) is 0 Å². The first-order valence-corrected chi connectivity index (χ1v) is 6.74. The van der Waals surface area contributed by atoms with E-state index in [-0.39, 0.29) is 5.91 Å². The smallest absolute Gasteiger partial charge is 0.252 e. The topological polar surface area (TPSA) is 61.4 Å². The van der Waals surface area contributed by atoms with Crippen molar-refractivity contribution in [3.05, 3.63) is 34.9 Å². The number of aliphatic hydroxyl groups is 1. The van der Waals surface area contributed by atoms with Crippen LogP contribution in [-0.2, 0) is 13.0 Å². The molecule has 4 heteroatoms. The van der Waals surface area contributed by atoms with E-state index in [4.69, 9.17) is 0 Å². The van der Waals surface area contributed by atoms with Crippen molar-refractivity contribution in [2.45, 2.75) is 45.4 Å². The van der Waals surface area contributed by atoms with Gasteiger partial charge in [0.1, 0.15) is 0 Å². The Morgan fingerprint density at radius 3 is 2.89 bits per heavy atom. The zero-order valence-corrected chi connectivity index (χ0v) is 11.8. The first-order chi connectivity index (χ1) is 8.92. The van der Waals surface area contributed by atoms with Gasteiger partial charge in [-0.25, -0.2) is 0 Å². The molecule has 1 aliphatic rings. The molecule has 104 valence electrons. The van der Waals surface area contributed by atoms with Crippen LogP contribution in [0.5, 0.6) is 0 Å². The Bertz CT molecular complexity index is 481. The molecule has 0 fully saturated rings. The summed E-state index contributed by atoms with van der Waals surface area (Å²) in [6.45, 7) is 7.05. The van der Waals surface area contributed by atoms with Crippen molar-refractivity contribution in [2.24, 2.45) is 0 Å². The molecular weight excluding hydrogens is 240 g/mol. The van der Waals surface area contributed by atoms with E-state index >= 15 is 0 Å². The lowest BCUT2D eigenvalue weighted by atomic mass is 9.93. The van der Waals surface area contributed by atoms with Gasteiger partial charge in [0.2, 0.25) is 0 Å². The van der Waals surface area contributed by atoms with Crippen molar-refractivity contribution in [1.29, 1.82) is 0 Å². The van der Waals surface area contributed by atoms with Gasteiger partial charge in [0.25, 0.3) is 5.91 Å². The van der Waals surface area contributed by atoms with E-state index in [1.807, 2.05) is 26.0 Å². The van der Waals surface area contributed by atoms with Crippen molar-refractivity contribution in [1.82, 2.24) is 10.6 Å². The number of hydrogen-bond acceptors (Lipinski definition) is 3. The first kappa shape index (κ1) is 14.0. The third-order valence-electron chi connectivity index (χ3n) is 3.87. The summed E-state index contributed by atoms with van der Waals surface area (Å²) in [5.74, 6) is -0.107.